The highest BCUT2D eigenvalue weighted by molar-refractivity contribution is 5.60. The number of hydrogen-bond donors (Lipinski definition) is 1. The van der Waals surface area contributed by atoms with Crippen LogP contribution in [-0.4, -0.2) is 49.4 Å². The Kier molecular flexibility index (Phi) is 8.43. The number of anilines is 1. The van der Waals surface area contributed by atoms with E-state index in [1.807, 2.05) is 12.1 Å². The molecule has 1 heterocycles. The van der Waals surface area contributed by atoms with E-state index in [0.29, 0.717) is 17.7 Å². The van der Waals surface area contributed by atoms with E-state index in [4.69, 9.17) is 9.47 Å². The molecule has 0 amide bonds. The summed E-state index contributed by atoms with van der Waals surface area (Å²) in [7, 11) is 1.74. The molecule has 2 aliphatic rings. The smallest absolute Gasteiger partial charge is 0.120 e. The summed E-state index contributed by atoms with van der Waals surface area (Å²) < 4.78 is 11.7. The minimum absolute atomic E-state index is 0.324. The topological polar surface area (TPSA) is 45.2 Å². The van der Waals surface area contributed by atoms with E-state index in [0.717, 1.165) is 50.5 Å². The molecule has 5 heteroatoms. The zero-order valence-corrected chi connectivity index (χ0v) is 23.2. The first kappa shape index (κ1) is 26.4. The molecule has 1 aliphatic heterocycles. The van der Waals surface area contributed by atoms with Crippen LogP contribution in [0.4, 0.5) is 5.69 Å². The van der Waals surface area contributed by atoms with Gasteiger partial charge in [0, 0.05) is 30.9 Å². The molecule has 3 aromatic rings. The Balaban J connectivity index is 1.32. The summed E-state index contributed by atoms with van der Waals surface area (Å²) in [4.78, 5) is 4.98. The van der Waals surface area contributed by atoms with E-state index < -0.39 is 0 Å². The normalized spacial score (nSPS) is 17.4. The quantitative estimate of drug-likeness (QED) is 0.332. The number of rotatable bonds is 10. The van der Waals surface area contributed by atoms with Crippen LogP contribution in [0.15, 0.2) is 60.7 Å². The summed E-state index contributed by atoms with van der Waals surface area (Å²) in [6.45, 7) is 9.51. The third-order valence-corrected chi connectivity index (χ3v) is 8.18. The molecule has 5 nitrogen and oxygen atoms in total. The summed E-state index contributed by atoms with van der Waals surface area (Å²) in [6.07, 6.45) is 5.68. The fourth-order valence-corrected chi connectivity index (χ4v) is 5.98. The molecule has 0 spiro atoms. The first-order valence-electron chi connectivity index (χ1n) is 14.2. The van der Waals surface area contributed by atoms with Crippen LogP contribution in [0.3, 0.4) is 0 Å². The third kappa shape index (κ3) is 6.27. The molecule has 0 radical (unpaired) electrons. The van der Waals surface area contributed by atoms with Crippen LogP contribution in [0.5, 0.6) is 17.2 Å². The molecule has 0 saturated carbocycles. The number of nitrogens with zero attached hydrogens (tertiary/aromatic N) is 2. The van der Waals surface area contributed by atoms with Gasteiger partial charge in [-0.2, -0.15) is 0 Å². The highest BCUT2D eigenvalue weighted by Gasteiger charge is 2.26. The summed E-state index contributed by atoms with van der Waals surface area (Å²) in [5.41, 5.74) is 6.51. The van der Waals surface area contributed by atoms with Crippen molar-refractivity contribution in [2.75, 3.05) is 38.3 Å². The van der Waals surface area contributed by atoms with Crippen LogP contribution in [0.1, 0.15) is 61.3 Å². The van der Waals surface area contributed by atoms with Crippen molar-refractivity contribution in [1.82, 2.24) is 4.90 Å². The second-order valence-electron chi connectivity index (χ2n) is 11.1. The molecule has 0 bridgehead atoms. The lowest BCUT2D eigenvalue weighted by Crippen LogP contribution is -2.31. The Bertz CT molecular complexity index is 1200. The van der Waals surface area contributed by atoms with E-state index in [1.54, 1.807) is 7.11 Å². The SMILES string of the molecule is COc1ccc(C2CCc3cc(O)ccc3C2)c(N(Cc2ccc(OCCN3CCCC3)cc2)C(C)C)c1. The van der Waals surface area contributed by atoms with Crippen LogP contribution < -0.4 is 14.4 Å². The summed E-state index contributed by atoms with van der Waals surface area (Å²) in [6, 6.07) is 21.3. The molecule has 1 aliphatic carbocycles. The maximum atomic E-state index is 9.92. The Morgan fingerprint density at radius 1 is 0.947 bits per heavy atom. The predicted octanol–water partition coefficient (Wildman–Crippen LogP) is 6.56. The standard InChI is InChI=1S/C33H42N2O3/c1-24(2)35(23-25-6-12-30(13-7-25)38-19-18-34-16-4-5-17-34)33-22-31(37-3)14-15-32(33)28-9-8-27-21-29(36)11-10-26(27)20-28/h6-7,10-15,21-22,24,28,36H,4-5,8-9,16-20,23H2,1-3H3. The van der Waals surface area contributed by atoms with Gasteiger partial charge < -0.3 is 19.5 Å². The molecule has 202 valence electrons. The maximum Gasteiger partial charge on any atom is 0.120 e. The van der Waals surface area contributed by atoms with Crippen molar-refractivity contribution in [3.8, 4) is 17.2 Å². The molecule has 3 aromatic carbocycles. The van der Waals surface area contributed by atoms with Gasteiger partial charge in [-0.05, 0) is 118 Å². The number of fused-ring (bicyclic) bond motifs is 1. The lowest BCUT2D eigenvalue weighted by Gasteiger charge is -2.35. The zero-order valence-electron chi connectivity index (χ0n) is 23.2. The van der Waals surface area contributed by atoms with E-state index in [2.05, 4.69) is 72.2 Å². The molecule has 1 atom stereocenters. The number of methoxy groups -OCH3 is 1. The Hall–Kier alpha value is -3.18. The van der Waals surface area contributed by atoms with E-state index in [9.17, 15) is 5.11 Å². The van der Waals surface area contributed by atoms with Gasteiger partial charge >= 0.3 is 0 Å². The Labute approximate surface area is 228 Å². The Morgan fingerprint density at radius 3 is 2.45 bits per heavy atom. The molecule has 0 aromatic heterocycles. The molecular weight excluding hydrogens is 472 g/mol. The number of likely N-dealkylation sites (tertiary alicyclic amines) is 1. The van der Waals surface area contributed by atoms with Crippen LogP contribution >= 0.6 is 0 Å². The van der Waals surface area contributed by atoms with Gasteiger partial charge in [0.15, 0.2) is 0 Å². The van der Waals surface area contributed by atoms with Gasteiger partial charge in [0.25, 0.3) is 0 Å². The summed E-state index contributed by atoms with van der Waals surface area (Å²) in [5.74, 6) is 2.62. The molecule has 1 N–H and O–H groups in total. The van der Waals surface area contributed by atoms with Crippen LogP contribution in [0.25, 0.3) is 0 Å². The number of phenols is 1. The molecular formula is C33H42N2O3. The fourth-order valence-electron chi connectivity index (χ4n) is 5.98. The van der Waals surface area contributed by atoms with Gasteiger partial charge in [-0.1, -0.05) is 24.3 Å². The first-order chi connectivity index (χ1) is 18.5. The number of aryl methyl sites for hydroxylation is 1. The molecule has 1 fully saturated rings. The Morgan fingerprint density at radius 2 is 1.71 bits per heavy atom. The number of hydrogen-bond acceptors (Lipinski definition) is 5. The van der Waals surface area contributed by atoms with Crippen molar-refractivity contribution in [1.29, 1.82) is 0 Å². The highest BCUT2D eigenvalue weighted by atomic mass is 16.5. The number of benzene rings is 3. The van der Waals surface area contributed by atoms with Gasteiger partial charge in [-0.3, -0.25) is 4.90 Å². The second kappa shape index (κ2) is 12.1. The zero-order chi connectivity index (χ0) is 26.5. The predicted molar refractivity (Wildman–Crippen MR) is 155 cm³/mol. The number of phenolic OH excluding ortho intramolecular Hbond substituents is 1. The molecule has 1 saturated heterocycles. The van der Waals surface area contributed by atoms with Crippen LogP contribution in [-0.2, 0) is 19.4 Å². The van der Waals surface area contributed by atoms with Gasteiger partial charge in [0.05, 0.1) is 7.11 Å². The first-order valence-corrected chi connectivity index (χ1v) is 14.2. The molecule has 38 heavy (non-hydrogen) atoms. The second-order valence-corrected chi connectivity index (χ2v) is 11.1. The fraction of sp³-hybridized carbons (Fsp3) is 0.455. The van der Waals surface area contributed by atoms with E-state index in [1.165, 1.54) is 53.9 Å². The number of aromatic hydroxyl groups is 1. The lowest BCUT2D eigenvalue weighted by atomic mass is 9.79. The summed E-state index contributed by atoms with van der Waals surface area (Å²) in [5, 5.41) is 9.92. The van der Waals surface area contributed by atoms with Crippen molar-refractivity contribution in [3.05, 3.63) is 82.9 Å². The third-order valence-electron chi connectivity index (χ3n) is 8.18. The minimum Gasteiger partial charge on any atom is -0.508 e. The highest BCUT2D eigenvalue weighted by Crippen LogP contribution is 2.40. The number of ether oxygens (including phenoxy) is 2. The van der Waals surface area contributed by atoms with Crippen molar-refractivity contribution >= 4 is 5.69 Å². The van der Waals surface area contributed by atoms with Crippen molar-refractivity contribution in [3.63, 3.8) is 0 Å². The van der Waals surface area contributed by atoms with Crippen molar-refractivity contribution < 1.29 is 14.6 Å². The summed E-state index contributed by atoms with van der Waals surface area (Å²) >= 11 is 0. The van der Waals surface area contributed by atoms with Crippen LogP contribution in [0, 0.1) is 0 Å². The molecule has 1 unspecified atom stereocenters. The monoisotopic (exact) mass is 514 g/mol. The van der Waals surface area contributed by atoms with E-state index in [-0.39, 0.29) is 0 Å². The minimum atomic E-state index is 0.324. The van der Waals surface area contributed by atoms with Crippen LogP contribution in [0.2, 0.25) is 0 Å². The van der Waals surface area contributed by atoms with Gasteiger partial charge in [0.1, 0.15) is 23.9 Å². The van der Waals surface area contributed by atoms with Gasteiger partial charge in [0.2, 0.25) is 0 Å². The largest absolute Gasteiger partial charge is 0.508 e. The molecule has 5 rings (SSSR count). The van der Waals surface area contributed by atoms with Crippen molar-refractivity contribution in [2.24, 2.45) is 0 Å². The van der Waals surface area contributed by atoms with Gasteiger partial charge in [-0.15, -0.1) is 0 Å². The van der Waals surface area contributed by atoms with Crippen molar-refractivity contribution in [2.45, 2.75) is 64.5 Å². The average molecular weight is 515 g/mol. The average Bonchev–Trinajstić information content (AvgIpc) is 3.45. The lowest BCUT2D eigenvalue weighted by molar-refractivity contribution is 0.238. The van der Waals surface area contributed by atoms with Gasteiger partial charge in [-0.25, -0.2) is 0 Å². The van der Waals surface area contributed by atoms with E-state index >= 15 is 0 Å². The maximum absolute atomic E-state index is 9.92.